The third kappa shape index (κ3) is 8.55. The van der Waals surface area contributed by atoms with Gasteiger partial charge in [0.15, 0.2) is 17.6 Å². The van der Waals surface area contributed by atoms with Gasteiger partial charge in [-0.1, -0.05) is 55.0 Å². The molecule has 8 nitrogen and oxygen atoms in total. The van der Waals surface area contributed by atoms with E-state index in [4.69, 9.17) is 10.2 Å². The number of nitroso groups, excluding NO2 is 1. The molecule has 0 radical (unpaired) electrons. The Morgan fingerprint density at radius 2 is 1.72 bits per heavy atom. The molecular formula is C24H34N3O5+. The van der Waals surface area contributed by atoms with Gasteiger partial charge in [-0.25, -0.2) is 4.90 Å². The second-order valence-corrected chi connectivity index (χ2v) is 7.15. The number of allylic oxidation sites excluding steroid dienone is 4. The summed E-state index contributed by atoms with van der Waals surface area (Å²) in [5.41, 5.74) is 4.76. The predicted octanol–water partition coefficient (Wildman–Crippen LogP) is 2.47. The number of hydrogen-bond acceptors (Lipinski definition) is 6. The van der Waals surface area contributed by atoms with Gasteiger partial charge >= 0.3 is 0 Å². The van der Waals surface area contributed by atoms with Crippen LogP contribution in [0.3, 0.4) is 0 Å². The van der Waals surface area contributed by atoms with Crippen LogP contribution >= 0.6 is 0 Å². The third-order valence-corrected chi connectivity index (χ3v) is 4.34. The molecule has 1 aliphatic carbocycles. The Morgan fingerprint density at radius 1 is 1.22 bits per heavy atom. The van der Waals surface area contributed by atoms with E-state index in [1.54, 1.807) is 29.2 Å². The van der Waals surface area contributed by atoms with E-state index in [0.717, 1.165) is 0 Å². The second-order valence-electron chi connectivity index (χ2n) is 7.15. The first-order valence-electron chi connectivity index (χ1n) is 10.2. The zero-order chi connectivity index (χ0) is 24.8. The summed E-state index contributed by atoms with van der Waals surface area (Å²) in [6.45, 7) is 9.95. The minimum Gasteiger partial charge on any atom is -0.368 e. The lowest BCUT2D eigenvalue weighted by molar-refractivity contribution is -0.641. The Hall–Kier alpha value is -3.12. The highest BCUT2D eigenvalue weighted by Crippen LogP contribution is 2.26. The molecule has 174 valence electrons. The fourth-order valence-corrected chi connectivity index (χ4v) is 3.07. The number of nitrogens with one attached hydrogen (secondary N) is 1. The van der Waals surface area contributed by atoms with Crippen LogP contribution in [0.5, 0.6) is 0 Å². The summed E-state index contributed by atoms with van der Waals surface area (Å²) in [4.78, 5) is 38.8. The highest BCUT2D eigenvalue weighted by atomic mass is 16.5. The number of carbonyl (C=O) groups excluding carboxylic acids is 2. The highest BCUT2D eigenvalue weighted by molar-refractivity contribution is 6.19. The van der Waals surface area contributed by atoms with Gasteiger partial charge in [-0.2, -0.15) is 0 Å². The average Bonchev–Trinajstić information content (AvgIpc) is 2.76. The van der Waals surface area contributed by atoms with Crippen LogP contribution in [0.2, 0.25) is 0 Å². The molecule has 1 aliphatic heterocycles. The van der Waals surface area contributed by atoms with Crippen LogP contribution in [0, 0.1) is 17.8 Å². The number of aliphatic hydroxyl groups is 2. The first kappa shape index (κ1) is 28.9. The molecule has 1 aromatic rings. The summed E-state index contributed by atoms with van der Waals surface area (Å²) in [7, 11) is 0. The molecular weight excluding hydrogens is 410 g/mol. The molecule has 2 aliphatic rings. The maximum absolute atomic E-state index is 12.5. The zero-order valence-corrected chi connectivity index (χ0v) is 19.4. The molecule has 32 heavy (non-hydrogen) atoms. The maximum Gasteiger partial charge on any atom is 0.281 e. The molecule has 2 unspecified atom stereocenters. The molecule has 2 atom stereocenters. The molecule has 0 amide bonds. The maximum atomic E-state index is 12.5. The van der Waals surface area contributed by atoms with Crippen LogP contribution < -0.4 is 5.43 Å². The summed E-state index contributed by atoms with van der Waals surface area (Å²) in [6.07, 6.45) is 13.0. The van der Waals surface area contributed by atoms with Gasteiger partial charge in [0, 0.05) is 17.7 Å². The normalized spacial score (nSPS) is 19.1. The van der Waals surface area contributed by atoms with Crippen LogP contribution in [0.15, 0.2) is 48.1 Å². The van der Waals surface area contributed by atoms with Crippen molar-refractivity contribution in [2.45, 2.75) is 53.0 Å². The SMILES string of the molecule is C#C.C/C=C\C=C(C)C.CC(O)O.CCN1C[N+](=O)NC2C(=O)c3ccccc3C(=O)C21. The van der Waals surface area contributed by atoms with Crippen molar-refractivity contribution in [1.29, 1.82) is 0 Å². The van der Waals surface area contributed by atoms with Crippen molar-refractivity contribution in [3.63, 3.8) is 0 Å². The van der Waals surface area contributed by atoms with Gasteiger partial charge < -0.3 is 10.2 Å². The summed E-state index contributed by atoms with van der Waals surface area (Å²) in [5.74, 6) is -0.290. The quantitative estimate of drug-likeness (QED) is 0.278. The molecule has 1 heterocycles. The molecule has 0 bridgehead atoms. The van der Waals surface area contributed by atoms with Crippen molar-refractivity contribution in [2.75, 3.05) is 13.2 Å². The Morgan fingerprint density at radius 3 is 2.12 bits per heavy atom. The number of benzene rings is 1. The molecule has 0 spiro atoms. The van der Waals surface area contributed by atoms with Crippen molar-refractivity contribution >= 4 is 11.6 Å². The van der Waals surface area contributed by atoms with E-state index in [9.17, 15) is 14.5 Å². The first-order valence-corrected chi connectivity index (χ1v) is 10.2. The standard InChI is InChI=1S/C13H14N3O3.C7H12.C2H6O2.C2H2/c1-2-15-7-16(19)14-10-11(15)13(18)9-6-4-3-5-8(9)12(10)17;1-4-5-6-7(2)3;1-2(3)4;1-2/h3-6,10-11H,2,7H2,1H3,(H,14,19);4-6H,1-3H3;2-4H,1H3;1-2H/q+1;;;/b;5-4-;;. The van der Waals surface area contributed by atoms with Crippen molar-refractivity contribution < 1.29 is 24.7 Å². The molecule has 1 fully saturated rings. The van der Waals surface area contributed by atoms with E-state index in [2.05, 4.69) is 38.2 Å². The lowest BCUT2D eigenvalue weighted by Crippen LogP contribution is -2.68. The van der Waals surface area contributed by atoms with Crippen molar-refractivity contribution in [1.82, 2.24) is 10.3 Å². The average molecular weight is 445 g/mol. The summed E-state index contributed by atoms with van der Waals surface area (Å²) < 4.78 is 0. The fourth-order valence-electron chi connectivity index (χ4n) is 3.07. The third-order valence-electron chi connectivity index (χ3n) is 4.34. The molecule has 8 heteroatoms. The summed E-state index contributed by atoms with van der Waals surface area (Å²) in [5, 5.41) is 15.2. The molecule has 0 saturated carbocycles. The Kier molecular flexibility index (Phi) is 13.4. The van der Waals surface area contributed by atoms with E-state index in [1.807, 2.05) is 26.0 Å². The monoisotopic (exact) mass is 444 g/mol. The van der Waals surface area contributed by atoms with Crippen molar-refractivity contribution in [3.8, 4) is 12.8 Å². The number of nitrogens with zero attached hydrogens (tertiary/aromatic N) is 2. The number of ketones is 2. The summed E-state index contributed by atoms with van der Waals surface area (Å²) >= 11 is 0. The number of Topliss-reactive ketones (excluding diaryl/α,β-unsaturated/α-hetero) is 2. The highest BCUT2D eigenvalue weighted by Gasteiger charge is 2.51. The van der Waals surface area contributed by atoms with E-state index in [-0.39, 0.29) is 18.2 Å². The number of hydrazine groups is 1. The predicted molar refractivity (Wildman–Crippen MR) is 125 cm³/mol. The number of carbonyl (C=O) groups is 2. The van der Waals surface area contributed by atoms with Gasteiger partial charge in [-0.3, -0.25) is 9.59 Å². The lowest BCUT2D eigenvalue weighted by Gasteiger charge is -2.37. The Balaban J connectivity index is 0.000000619. The van der Waals surface area contributed by atoms with Gasteiger partial charge in [0.05, 0.1) is 4.91 Å². The minimum atomic E-state index is -1.17. The van der Waals surface area contributed by atoms with E-state index < -0.39 is 18.4 Å². The number of aliphatic hydroxyl groups excluding tert-OH is 1. The smallest absolute Gasteiger partial charge is 0.281 e. The van der Waals surface area contributed by atoms with E-state index >= 15 is 0 Å². The number of likely N-dealkylation sites (N-methyl/N-ethyl adjacent to an activating group) is 1. The van der Waals surface area contributed by atoms with Crippen LogP contribution in [0.25, 0.3) is 0 Å². The molecule has 3 rings (SSSR count). The van der Waals surface area contributed by atoms with Crippen LogP contribution in [-0.4, -0.2) is 63.1 Å². The van der Waals surface area contributed by atoms with E-state index in [1.165, 1.54) is 12.5 Å². The minimum absolute atomic E-state index is 0.0822. The van der Waals surface area contributed by atoms with Gasteiger partial charge in [-0.05, 0) is 27.7 Å². The topological polar surface area (TPSA) is 110 Å². The van der Waals surface area contributed by atoms with Crippen LogP contribution in [0.1, 0.15) is 55.3 Å². The van der Waals surface area contributed by atoms with E-state index in [0.29, 0.717) is 22.5 Å². The lowest BCUT2D eigenvalue weighted by atomic mass is 9.81. The molecule has 3 N–H and O–H groups in total. The van der Waals surface area contributed by atoms with Crippen molar-refractivity contribution in [3.05, 3.63) is 64.1 Å². The Bertz CT molecular complexity index is 851. The zero-order valence-electron chi connectivity index (χ0n) is 19.4. The fraction of sp³-hybridized carbons (Fsp3) is 0.417. The van der Waals surface area contributed by atoms with Gasteiger partial charge in [-0.15, -0.1) is 18.3 Å². The Labute approximate surface area is 190 Å². The van der Waals surface area contributed by atoms with Crippen LogP contribution in [0.4, 0.5) is 0 Å². The number of terminal acetylenes is 1. The van der Waals surface area contributed by atoms with Gasteiger partial charge in [0.25, 0.3) is 6.67 Å². The molecule has 1 saturated heterocycles. The van der Waals surface area contributed by atoms with Gasteiger partial charge in [0.2, 0.25) is 0 Å². The summed E-state index contributed by atoms with van der Waals surface area (Å²) in [6, 6.07) is 5.40. The molecule has 1 aromatic carbocycles. The number of rotatable bonds is 2. The largest absolute Gasteiger partial charge is 0.368 e. The van der Waals surface area contributed by atoms with Gasteiger partial charge in [0.1, 0.15) is 17.2 Å². The number of fused-ring (bicyclic) bond motifs is 2. The first-order chi connectivity index (χ1) is 15.1. The number of hydrogen-bond donors (Lipinski definition) is 3. The van der Waals surface area contributed by atoms with Crippen LogP contribution in [-0.2, 0) is 0 Å². The van der Waals surface area contributed by atoms with Crippen molar-refractivity contribution in [2.24, 2.45) is 0 Å². The molecule has 0 aromatic heterocycles. The second kappa shape index (κ2) is 14.8.